The van der Waals surface area contributed by atoms with Crippen molar-refractivity contribution in [3.05, 3.63) is 22.5 Å². The van der Waals surface area contributed by atoms with E-state index >= 15 is 0 Å². The molecule has 0 aromatic carbocycles. The van der Waals surface area contributed by atoms with Crippen molar-refractivity contribution >= 4 is 5.95 Å². The maximum absolute atomic E-state index is 10.6. The number of nitro groups is 1. The van der Waals surface area contributed by atoms with Gasteiger partial charge in [-0.15, -0.1) is 0 Å². The van der Waals surface area contributed by atoms with E-state index in [1.54, 1.807) is 0 Å². The molecule has 0 atom stereocenters. The summed E-state index contributed by atoms with van der Waals surface area (Å²) in [5.74, 6) is -0.272. The molecule has 0 aliphatic rings. The molecule has 0 spiro atoms. The zero-order chi connectivity index (χ0) is 12.2. The van der Waals surface area contributed by atoms with Crippen LogP contribution < -0.4 is 0 Å². The molecule has 0 radical (unpaired) electrons. The Morgan fingerprint density at radius 1 is 1.56 bits per heavy atom. The van der Waals surface area contributed by atoms with Gasteiger partial charge in [-0.25, -0.2) is 0 Å². The van der Waals surface area contributed by atoms with E-state index in [0.29, 0.717) is 4.13 Å². The summed E-state index contributed by atoms with van der Waals surface area (Å²) in [5.41, 5.74) is -0.720. The second-order valence-electron chi connectivity index (χ2n) is 3.56. The molecule has 0 aliphatic heterocycles. The molecule has 8 heteroatoms. The monoisotopic (exact) mass is 425 g/mol. The van der Waals surface area contributed by atoms with Crippen LogP contribution in [0.15, 0.2) is 12.4 Å². The summed E-state index contributed by atoms with van der Waals surface area (Å²) in [5, 5.41) is 29.1. The fourth-order valence-corrected chi connectivity index (χ4v) is 2.22. The van der Waals surface area contributed by atoms with Crippen LogP contribution in [0.25, 0.3) is 0 Å². The van der Waals surface area contributed by atoms with Crippen LogP contribution in [-0.2, 0) is 6.54 Å². The Labute approximate surface area is 107 Å². The van der Waals surface area contributed by atoms with Crippen LogP contribution in [0.2, 0.25) is 4.13 Å². The number of imidazole rings is 1. The molecule has 90 valence electrons. The third-order valence-corrected chi connectivity index (χ3v) is 4.52. The van der Waals surface area contributed by atoms with Gasteiger partial charge < -0.3 is 0 Å². The molecule has 2 N–H and O–H groups in total. The van der Waals surface area contributed by atoms with E-state index in [9.17, 15) is 20.3 Å². The number of hydrogen-bond acceptors (Lipinski definition) is 5. The molecular weight excluding hydrogens is 413 g/mol. The molecule has 1 aromatic heterocycles. The van der Waals surface area contributed by atoms with Crippen molar-refractivity contribution in [1.82, 2.24) is 9.55 Å². The Morgan fingerprint density at radius 2 is 2.19 bits per heavy atom. The number of aliphatic hydroxyl groups is 2. The summed E-state index contributed by atoms with van der Waals surface area (Å²) in [6.07, 6.45) is 2.80. The first-order valence-corrected chi connectivity index (χ1v) is 6.59. The number of hydrogen-bond donors (Lipinski definition) is 2. The molecule has 1 aromatic rings. The third kappa shape index (κ3) is 2.75. The quantitative estimate of drug-likeness (QED) is 0.483. The number of aromatic nitrogens is 2. The summed E-state index contributed by atoms with van der Waals surface area (Å²) < 4.78 is 1.92. The van der Waals surface area contributed by atoms with Gasteiger partial charge in [-0.1, -0.05) is 0 Å². The van der Waals surface area contributed by atoms with Crippen molar-refractivity contribution in [2.24, 2.45) is 5.41 Å². The Balaban J connectivity index is 2.93. The van der Waals surface area contributed by atoms with Gasteiger partial charge in [0.2, 0.25) is 0 Å². The minimum absolute atomic E-state index is 0.187. The average molecular weight is 425 g/mol. The van der Waals surface area contributed by atoms with E-state index in [4.69, 9.17) is 0 Å². The molecule has 0 saturated heterocycles. The summed E-state index contributed by atoms with van der Waals surface area (Å²) >= 11 is 1.41. The van der Waals surface area contributed by atoms with Crippen LogP contribution in [0.4, 0.5) is 5.95 Å². The fourth-order valence-electron chi connectivity index (χ4n) is 1.23. The predicted octanol–water partition coefficient (Wildman–Crippen LogP) is -0.270. The van der Waals surface area contributed by atoms with Gasteiger partial charge in [0.05, 0.1) is 0 Å². The van der Waals surface area contributed by atoms with Gasteiger partial charge in [0.25, 0.3) is 0 Å². The van der Waals surface area contributed by atoms with Crippen molar-refractivity contribution < 1.29 is 39.9 Å². The molecule has 0 fully saturated rings. The molecule has 0 aliphatic carbocycles. The molecule has 0 unspecified atom stereocenters. The first kappa shape index (κ1) is 13.5. The number of nitrogens with zero attached hydrogens (tertiary/aromatic N) is 3. The van der Waals surface area contributed by atoms with Crippen LogP contribution in [0, 0.1) is 40.2 Å². The van der Waals surface area contributed by atoms with Crippen LogP contribution in [0.1, 0.15) is 0 Å². The first-order chi connectivity index (χ1) is 7.58. The summed E-state index contributed by atoms with van der Waals surface area (Å²) in [7, 11) is 0. The molecule has 1 heterocycles. The van der Waals surface area contributed by atoms with Crippen molar-refractivity contribution in [2.75, 3.05) is 13.2 Å². The van der Waals surface area contributed by atoms with E-state index < -0.39 is 10.3 Å². The van der Waals surface area contributed by atoms with E-state index in [2.05, 4.69) is 4.98 Å². The molecule has 0 amide bonds. The topological polar surface area (TPSA) is 101 Å². The van der Waals surface area contributed by atoms with E-state index in [1.807, 2.05) is 0 Å². The second-order valence-corrected chi connectivity index (χ2v) is 4.60. The summed E-state index contributed by atoms with van der Waals surface area (Å²) in [6, 6.07) is 0. The van der Waals surface area contributed by atoms with Crippen molar-refractivity contribution in [3.63, 3.8) is 0 Å². The molecule has 0 saturated carbocycles. The zero-order valence-electron chi connectivity index (χ0n) is 8.41. The predicted molar refractivity (Wildman–Crippen MR) is 50.3 cm³/mol. The van der Waals surface area contributed by atoms with E-state index in [-0.39, 0.29) is 25.7 Å². The third-order valence-electron chi connectivity index (χ3n) is 2.32. The Kier molecular flexibility index (Phi) is 4.76. The van der Waals surface area contributed by atoms with E-state index in [1.165, 1.54) is 41.7 Å². The second kappa shape index (κ2) is 5.66. The Morgan fingerprint density at radius 3 is 2.62 bits per heavy atom. The van der Waals surface area contributed by atoms with Gasteiger partial charge in [0.15, 0.2) is 0 Å². The van der Waals surface area contributed by atoms with Crippen molar-refractivity contribution in [3.8, 4) is 0 Å². The molecule has 0 bridgehead atoms. The van der Waals surface area contributed by atoms with E-state index in [0.717, 1.165) is 0 Å². The molecular formula is C8H12AtN3O4. The average Bonchev–Trinajstić information content (AvgIpc) is 2.74. The van der Waals surface area contributed by atoms with Gasteiger partial charge in [-0.3, -0.25) is 0 Å². The minimum atomic E-state index is -0.720. The van der Waals surface area contributed by atoms with Crippen LogP contribution in [0.5, 0.6) is 0 Å². The van der Waals surface area contributed by atoms with Gasteiger partial charge in [0, 0.05) is 0 Å². The van der Waals surface area contributed by atoms with Crippen molar-refractivity contribution in [1.29, 1.82) is 0 Å². The fraction of sp³-hybridized carbons (Fsp3) is 0.625. The molecule has 16 heavy (non-hydrogen) atoms. The van der Waals surface area contributed by atoms with Gasteiger partial charge >= 0.3 is 107 Å². The van der Waals surface area contributed by atoms with Crippen molar-refractivity contribution in [2.45, 2.75) is 10.7 Å². The molecule has 7 nitrogen and oxygen atoms in total. The van der Waals surface area contributed by atoms with Gasteiger partial charge in [-0.05, 0) is 0 Å². The summed E-state index contributed by atoms with van der Waals surface area (Å²) in [6.45, 7) is -0.239. The Hall–Kier alpha value is -0.587. The first-order valence-electron chi connectivity index (χ1n) is 4.52. The van der Waals surface area contributed by atoms with Crippen LogP contribution in [0.3, 0.4) is 0 Å². The Bertz CT molecular complexity index is 356. The van der Waals surface area contributed by atoms with Gasteiger partial charge in [0.1, 0.15) is 0 Å². The normalized spacial score (nSPS) is 11.7. The zero-order valence-corrected chi connectivity index (χ0v) is 11.4. The van der Waals surface area contributed by atoms with Crippen LogP contribution >= 0.6 is 0 Å². The number of aliphatic hydroxyl groups excluding tert-OH is 2. The summed E-state index contributed by atoms with van der Waals surface area (Å²) in [4.78, 5) is 13.7. The van der Waals surface area contributed by atoms with Crippen LogP contribution in [-0.4, -0.2) is 37.9 Å². The maximum atomic E-state index is 10.6. The number of rotatable bonds is 6. The molecule has 1 rings (SSSR count). The van der Waals surface area contributed by atoms with Gasteiger partial charge in [-0.2, -0.15) is 0 Å². The SMILES string of the molecule is O=[N+]([O-])c1nccn1CC(CO)(CO)C[211At]. The standard InChI is InChI=1S/C8H12AtN3O4/c9-3-8(5-13,6-14)4-11-2-1-10-7(11)12(15)16/h1-2,13-14H,3-6H2/i9+1.